The molecule has 0 bridgehead atoms. The van der Waals surface area contributed by atoms with Crippen molar-refractivity contribution in [1.82, 2.24) is 10.2 Å². The summed E-state index contributed by atoms with van der Waals surface area (Å²) in [7, 11) is 0. The topological polar surface area (TPSA) is 54.9 Å². The molecule has 0 aliphatic heterocycles. The van der Waals surface area contributed by atoms with Gasteiger partial charge in [-0.05, 0) is 29.8 Å². The number of carbonyl (C=O) groups is 1. The zero-order chi connectivity index (χ0) is 20.5. The number of nitrogens with one attached hydrogen (secondary N) is 1. The number of carbonyl (C=O) groups excluding carboxylic acids is 1. The first-order valence-corrected chi connectivity index (χ1v) is 12.1. The summed E-state index contributed by atoms with van der Waals surface area (Å²) in [5, 5.41) is 14.3. The Kier molecular flexibility index (Phi) is 6.56. The number of benzene rings is 2. The van der Waals surface area contributed by atoms with Gasteiger partial charge in [0.1, 0.15) is 4.88 Å². The van der Waals surface area contributed by atoms with Crippen LogP contribution in [-0.2, 0) is 5.75 Å². The van der Waals surface area contributed by atoms with Crippen LogP contribution in [0.15, 0.2) is 40.7 Å². The Bertz CT molecular complexity index is 1220. The van der Waals surface area contributed by atoms with Gasteiger partial charge in [0.2, 0.25) is 5.13 Å². The Morgan fingerprint density at radius 1 is 1.00 bits per heavy atom. The number of hydrogen-bond acceptors (Lipinski definition) is 6. The Morgan fingerprint density at radius 2 is 1.76 bits per heavy atom. The van der Waals surface area contributed by atoms with E-state index in [9.17, 15) is 4.79 Å². The molecule has 0 saturated carbocycles. The fourth-order valence-electron chi connectivity index (χ4n) is 2.44. The standard InChI is InChI=1S/C18H9Cl4N3OS3/c19-9-2-1-8(12(21)5-9)7-27-18-25-24-17(29-18)23-16(26)15-14(22)11-4-3-10(20)6-13(11)28-15/h1-6H,7H2,(H,23,24,26). The maximum absolute atomic E-state index is 12.6. The molecule has 4 nitrogen and oxygen atoms in total. The number of fused-ring (bicyclic) bond motifs is 1. The molecule has 2 aromatic carbocycles. The molecule has 29 heavy (non-hydrogen) atoms. The van der Waals surface area contributed by atoms with Crippen LogP contribution in [0, 0.1) is 0 Å². The SMILES string of the molecule is O=C(Nc1nnc(SCc2ccc(Cl)cc2Cl)s1)c1sc2cc(Cl)ccc2c1Cl. The number of thioether (sulfide) groups is 1. The fourth-order valence-corrected chi connectivity index (χ4v) is 6.43. The maximum Gasteiger partial charge on any atom is 0.269 e. The monoisotopic (exact) mass is 519 g/mol. The van der Waals surface area contributed by atoms with E-state index in [0.717, 1.165) is 15.6 Å². The lowest BCUT2D eigenvalue weighted by atomic mass is 10.2. The molecule has 11 heteroatoms. The molecule has 2 aromatic heterocycles. The largest absolute Gasteiger partial charge is 0.296 e. The highest BCUT2D eigenvalue weighted by Gasteiger charge is 2.19. The number of nitrogens with zero attached hydrogens (tertiary/aromatic N) is 2. The van der Waals surface area contributed by atoms with E-state index in [1.54, 1.807) is 30.3 Å². The average Bonchev–Trinajstić information content (AvgIpc) is 3.25. The predicted molar refractivity (Wildman–Crippen MR) is 126 cm³/mol. The molecule has 0 unspecified atom stereocenters. The van der Waals surface area contributed by atoms with E-state index < -0.39 is 0 Å². The first-order valence-electron chi connectivity index (χ1n) is 8.00. The van der Waals surface area contributed by atoms with Crippen LogP contribution in [0.2, 0.25) is 20.1 Å². The molecular weight excluding hydrogens is 512 g/mol. The molecule has 0 spiro atoms. The van der Waals surface area contributed by atoms with Gasteiger partial charge in [-0.2, -0.15) is 0 Å². The molecule has 0 atom stereocenters. The van der Waals surface area contributed by atoms with Gasteiger partial charge in [0.15, 0.2) is 4.34 Å². The Labute approximate surface area is 198 Å². The van der Waals surface area contributed by atoms with Gasteiger partial charge >= 0.3 is 0 Å². The smallest absolute Gasteiger partial charge is 0.269 e. The van der Waals surface area contributed by atoms with Crippen molar-refractivity contribution < 1.29 is 4.79 Å². The van der Waals surface area contributed by atoms with E-state index in [-0.39, 0.29) is 5.91 Å². The summed E-state index contributed by atoms with van der Waals surface area (Å²) >= 11 is 28.5. The minimum atomic E-state index is -0.333. The summed E-state index contributed by atoms with van der Waals surface area (Å²) in [5.41, 5.74) is 0.942. The summed E-state index contributed by atoms with van der Waals surface area (Å²) in [6, 6.07) is 10.7. The second kappa shape index (κ2) is 8.98. The third-order valence-electron chi connectivity index (χ3n) is 3.79. The number of hydrogen-bond donors (Lipinski definition) is 1. The molecule has 0 fully saturated rings. The molecule has 0 aliphatic carbocycles. The Balaban J connectivity index is 1.45. The van der Waals surface area contributed by atoms with Crippen molar-refractivity contribution >= 4 is 102 Å². The van der Waals surface area contributed by atoms with Gasteiger partial charge in [-0.15, -0.1) is 21.5 Å². The lowest BCUT2D eigenvalue weighted by Crippen LogP contribution is -2.10. The van der Waals surface area contributed by atoms with Crippen molar-refractivity contribution in [2.75, 3.05) is 5.32 Å². The van der Waals surface area contributed by atoms with Gasteiger partial charge in [0, 0.05) is 30.9 Å². The number of thiophene rings is 1. The highest BCUT2D eigenvalue weighted by Crippen LogP contribution is 2.37. The van der Waals surface area contributed by atoms with Crippen molar-refractivity contribution in [3.8, 4) is 0 Å². The number of aromatic nitrogens is 2. The van der Waals surface area contributed by atoms with E-state index in [1.807, 2.05) is 6.07 Å². The van der Waals surface area contributed by atoms with Gasteiger partial charge < -0.3 is 0 Å². The average molecular weight is 521 g/mol. The minimum Gasteiger partial charge on any atom is -0.296 e. The second-order valence-corrected chi connectivity index (χ2v) is 10.6. The number of amides is 1. The molecule has 2 heterocycles. The van der Waals surface area contributed by atoms with E-state index in [1.165, 1.54) is 34.4 Å². The predicted octanol–water partition coefficient (Wildman–Crippen LogP) is 7.91. The van der Waals surface area contributed by atoms with Crippen LogP contribution in [0.3, 0.4) is 0 Å². The van der Waals surface area contributed by atoms with E-state index in [4.69, 9.17) is 46.4 Å². The van der Waals surface area contributed by atoms with Crippen LogP contribution in [0.1, 0.15) is 15.2 Å². The van der Waals surface area contributed by atoms with Crippen LogP contribution < -0.4 is 5.32 Å². The highest BCUT2D eigenvalue weighted by atomic mass is 35.5. The molecule has 0 saturated heterocycles. The first kappa shape index (κ1) is 21.2. The molecule has 0 aliphatic rings. The van der Waals surface area contributed by atoms with Gasteiger partial charge in [-0.3, -0.25) is 10.1 Å². The summed E-state index contributed by atoms with van der Waals surface area (Å²) in [6.07, 6.45) is 0. The van der Waals surface area contributed by atoms with Gasteiger partial charge in [0.05, 0.1) is 5.02 Å². The van der Waals surface area contributed by atoms with Crippen LogP contribution in [0.4, 0.5) is 5.13 Å². The third-order valence-corrected chi connectivity index (χ3v) is 8.29. The maximum atomic E-state index is 12.6. The van der Waals surface area contributed by atoms with E-state index >= 15 is 0 Å². The summed E-state index contributed by atoms with van der Waals surface area (Å²) < 4.78 is 1.56. The summed E-state index contributed by atoms with van der Waals surface area (Å²) in [5.74, 6) is 0.280. The van der Waals surface area contributed by atoms with Gasteiger partial charge in [0.25, 0.3) is 5.91 Å². The van der Waals surface area contributed by atoms with Crippen LogP contribution >= 0.6 is 80.8 Å². The summed E-state index contributed by atoms with van der Waals surface area (Å²) in [6.45, 7) is 0. The minimum absolute atomic E-state index is 0.333. The van der Waals surface area contributed by atoms with E-state index in [0.29, 0.717) is 40.2 Å². The molecular formula is C18H9Cl4N3OS3. The van der Waals surface area contributed by atoms with Crippen molar-refractivity contribution in [2.24, 2.45) is 0 Å². The zero-order valence-corrected chi connectivity index (χ0v) is 19.7. The Morgan fingerprint density at radius 3 is 2.55 bits per heavy atom. The van der Waals surface area contributed by atoms with Gasteiger partial charge in [-0.25, -0.2) is 0 Å². The zero-order valence-electron chi connectivity index (χ0n) is 14.2. The van der Waals surface area contributed by atoms with Crippen molar-refractivity contribution in [3.63, 3.8) is 0 Å². The van der Waals surface area contributed by atoms with Crippen molar-refractivity contribution in [3.05, 3.63) is 66.9 Å². The molecule has 4 aromatic rings. The van der Waals surface area contributed by atoms with Crippen molar-refractivity contribution in [2.45, 2.75) is 10.1 Å². The van der Waals surface area contributed by atoms with Gasteiger partial charge in [-0.1, -0.05) is 81.6 Å². The molecule has 1 N–H and O–H groups in total. The number of anilines is 1. The molecule has 0 radical (unpaired) electrons. The number of rotatable bonds is 5. The molecule has 1 amide bonds. The van der Waals surface area contributed by atoms with E-state index in [2.05, 4.69) is 15.5 Å². The fraction of sp³-hybridized carbons (Fsp3) is 0.0556. The van der Waals surface area contributed by atoms with Crippen LogP contribution in [-0.4, -0.2) is 16.1 Å². The Hall–Kier alpha value is -1.06. The quantitative estimate of drug-likeness (QED) is 0.214. The second-order valence-electron chi connectivity index (χ2n) is 5.74. The normalized spacial score (nSPS) is 11.2. The number of halogens is 4. The molecule has 4 rings (SSSR count). The third kappa shape index (κ3) is 4.82. The van der Waals surface area contributed by atoms with Crippen LogP contribution in [0.5, 0.6) is 0 Å². The lowest BCUT2D eigenvalue weighted by molar-refractivity contribution is 0.103. The van der Waals surface area contributed by atoms with Crippen molar-refractivity contribution in [1.29, 1.82) is 0 Å². The lowest BCUT2D eigenvalue weighted by Gasteiger charge is -2.02. The van der Waals surface area contributed by atoms with Crippen LogP contribution in [0.25, 0.3) is 10.1 Å². The summed E-state index contributed by atoms with van der Waals surface area (Å²) in [4.78, 5) is 13.0. The highest BCUT2D eigenvalue weighted by molar-refractivity contribution is 8.00. The first-order chi connectivity index (χ1) is 13.9. The molecule has 148 valence electrons.